The van der Waals surface area contributed by atoms with Crippen LogP contribution in [0.5, 0.6) is 0 Å². The Morgan fingerprint density at radius 1 is 1.15 bits per heavy atom. The van der Waals surface area contributed by atoms with E-state index < -0.39 is 23.1 Å². The van der Waals surface area contributed by atoms with Crippen LogP contribution in [0.2, 0.25) is 0 Å². The van der Waals surface area contributed by atoms with Crippen LogP contribution in [-0.4, -0.2) is 24.9 Å². The number of fused-ring (bicyclic) bond motifs is 1. The number of rotatable bonds is 5. The SMILES string of the molecule is CC(C)(O)c1cc2nc(C3CCC(I)CC3)sc2cc1NC(=O)c1cccc(C(C)(F)F)n1. The number of hydrogen-bond acceptors (Lipinski definition) is 5. The van der Waals surface area contributed by atoms with Gasteiger partial charge in [0.2, 0.25) is 0 Å². The number of hydrogen-bond donors (Lipinski definition) is 2. The molecule has 5 nitrogen and oxygen atoms in total. The minimum Gasteiger partial charge on any atom is -0.386 e. The highest BCUT2D eigenvalue weighted by Crippen LogP contribution is 2.41. The first kappa shape index (κ1) is 24.4. The molecule has 1 fully saturated rings. The molecule has 9 heteroatoms. The van der Waals surface area contributed by atoms with E-state index >= 15 is 0 Å². The zero-order chi connectivity index (χ0) is 24.0. The van der Waals surface area contributed by atoms with Gasteiger partial charge in [-0.15, -0.1) is 11.3 Å². The van der Waals surface area contributed by atoms with Crippen LogP contribution in [0.3, 0.4) is 0 Å². The molecule has 1 saturated carbocycles. The van der Waals surface area contributed by atoms with Crippen molar-refractivity contribution in [3.05, 3.63) is 52.3 Å². The highest BCUT2D eigenvalue weighted by Gasteiger charge is 2.29. The van der Waals surface area contributed by atoms with E-state index in [2.05, 4.69) is 32.9 Å². The number of thiazole rings is 1. The second-order valence-corrected chi connectivity index (χ2v) is 12.0. The Labute approximate surface area is 209 Å². The predicted molar refractivity (Wildman–Crippen MR) is 136 cm³/mol. The minimum atomic E-state index is -3.15. The molecule has 0 unspecified atom stereocenters. The number of anilines is 1. The van der Waals surface area contributed by atoms with Crippen molar-refractivity contribution < 1.29 is 18.7 Å². The topological polar surface area (TPSA) is 75.1 Å². The van der Waals surface area contributed by atoms with Crippen LogP contribution in [0.15, 0.2) is 30.3 Å². The molecular weight excluding hydrogens is 559 g/mol. The molecule has 1 aromatic carbocycles. The number of aromatic nitrogens is 2. The van der Waals surface area contributed by atoms with Crippen molar-refractivity contribution in [1.82, 2.24) is 9.97 Å². The van der Waals surface area contributed by atoms with Crippen molar-refractivity contribution >= 4 is 55.7 Å². The van der Waals surface area contributed by atoms with Gasteiger partial charge in [0.05, 0.1) is 20.8 Å². The number of pyridine rings is 1. The Kier molecular flexibility index (Phi) is 6.76. The van der Waals surface area contributed by atoms with Crippen LogP contribution in [0.1, 0.15) is 79.1 Å². The number of carbonyl (C=O) groups excluding carboxylic acids is 1. The van der Waals surface area contributed by atoms with Gasteiger partial charge in [0.15, 0.2) is 0 Å². The third kappa shape index (κ3) is 5.51. The van der Waals surface area contributed by atoms with Crippen molar-refractivity contribution in [2.24, 2.45) is 0 Å². The van der Waals surface area contributed by atoms with Gasteiger partial charge in [-0.2, -0.15) is 8.78 Å². The molecule has 4 rings (SSSR count). The third-order valence-corrected chi connectivity index (χ3v) is 8.32. The van der Waals surface area contributed by atoms with Gasteiger partial charge in [0.25, 0.3) is 11.8 Å². The van der Waals surface area contributed by atoms with Crippen molar-refractivity contribution in [3.63, 3.8) is 0 Å². The fourth-order valence-electron chi connectivity index (χ4n) is 4.07. The van der Waals surface area contributed by atoms with Gasteiger partial charge >= 0.3 is 0 Å². The molecule has 1 aliphatic carbocycles. The average molecular weight is 585 g/mol. The Morgan fingerprint density at radius 3 is 2.48 bits per heavy atom. The van der Waals surface area contributed by atoms with E-state index in [9.17, 15) is 18.7 Å². The normalized spacial score (nSPS) is 19.6. The lowest BCUT2D eigenvalue weighted by Gasteiger charge is -2.23. The van der Waals surface area contributed by atoms with Crippen molar-refractivity contribution in [2.45, 2.75) is 67.8 Å². The summed E-state index contributed by atoms with van der Waals surface area (Å²) in [7, 11) is 0. The minimum absolute atomic E-state index is 0.114. The first-order chi connectivity index (χ1) is 15.4. The quantitative estimate of drug-likeness (QED) is 0.257. The van der Waals surface area contributed by atoms with E-state index in [0.717, 1.165) is 38.9 Å². The van der Waals surface area contributed by atoms with Crippen molar-refractivity contribution in [1.29, 1.82) is 0 Å². The molecule has 0 radical (unpaired) electrons. The zero-order valence-electron chi connectivity index (χ0n) is 18.7. The Balaban J connectivity index is 1.68. The maximum atomic E-state index is 13.7. The van der Waals surface area contributed by atoms with Gasteiger partial charge in [-0.05, 0) is 63.8 Å². The van der Waals surface area contributed by atoms with E-state index in [-0.39, 0.29) is 5.69 Å². The van der Waals surface area contributed by atoms with Gasteiger partial charge in [0.1, 0.15) is 11.4 Å². The van der Waals surface area contributed by atoms with Crippen LogP contribution in [0.25, 0.3) is 10.2 Å². The first-order valence-electron chi connectivity index (χ1n) is 10.9. The predicted octanol–water partition coefficient (Wildman–Crippen LogP) is 6.74. The van der Waals surface area contributed by atoms with Gasteiger partial charge in [0, 0.05) is 28.0 Å². The maximum Gasteiger partial charge on any atom is 0.287 e. The van der Waals surface area contributed by atoms with Crippen LogP contribution in [0, 0.1) is 0 Å². The van der Waals surface area contributed by atoms with Gasteiger partial charge in [-0.1, -0.05) is 28.7 Å². The average Bonchev–Trinajstić information content (AvgIpc) is 3.15. The fraction of sp³-hybridized carbons (Fsp3) is 0.458. The Morgan fingerprint density at radius 2 is 1.85 bits per heavy atom. The molecule has 1 amide bonds. The Hall–Kier alpha value is -1.72. The summed E-state index contributed by atoms with van der Waals surface area (Å²) < 4.78 is 29.0. The number of nitrogens with zero attached hydrogens (tertiary/aromatic N) is 2. The van der Waals surface area contributed by atoms with E-state index in [1.807, 2.05) is 6.07 Å². The first-order valence-corrected chi connectivity index (χ1v) is 13.0. The van der Waals surface area contributed by atoms with Crippen molar-refractivity contribution in [3.8, 4) is 0 Å². The Bertz CT molecular complexity index is 1180. The lowest BCUT2D eigenvalue weighted by Crippen LogP contribution is -2.22. The van der Waals surface area contributed by atoms with Crippen LogP contribution >= 0.6 is 33.9 Å². The second-order valence-electron chi connectivity index (χ2n) is 9.18. The summed E-state index contributed by atoms with van der Waals surface area (Å²) in [5.74, 6) is -3.33. The second kappa shape index (κ2) is 9.14. The molecule has 2 heterocycles. The molecule has 176 valence electrons. The number of amides is 1. The lowest BCUT2D eigenvalue weighted by atomic mass is 9.90. The highest BCUT2D eigenvalue weighted by molar-refractivity contribution is 14.1. The molecule has 0 aliphatic heterocycles. The molecule has 0 atom stereocenters. The number of nitrogens with one attached hydrogen (secondary N) is 1. The fourth-order valence-corrected chi connectivity index (χ4v) is 5.94. The molecular formula is C24H26F2IN3O2S. The number of carbonyl (C=O) groups is 1. The molecule has 2 N–H and O–H groups in total. The highest BCUT2D eigenvalue weighted by atomic mass is 127. The summed E-state index contributed by atoms with van der Waals surface area (Å²) in [5, 5.41) is 14.6. The summed E-state index contributed by atoms with van der Waals surface area (Å²) >= 11 is 4.11. The van der Waals surface area contributed by atoms with Gasteiger partial charge < -0.3 is 10.4 Å². The standard InChI is InChI=1S/C24H26F2IN3O2S/c1-23(2,32)15-11-18-19(33-22(30-18)13-7-9-14(27)10-8-13)12-17(15)29-21(31)16-5-4-6-20(28-16)24(3,25)26/h4-6,11-14,32H,7-10H2,1-3H3,(H,29,31). The van der Waals surface area contributed by atoms with Crippen LogP contribution in [0.4, 0.5) is 14.5 Å². The number of alkyl halides is 3. The van der Waals surface area contributed by atoms with E-state index in [0.29, 0.717) is 17.2 Å². The van der Waals surface area contributed by atoms with Crippen molar-refractivity contribution in [2.75, 3.05) is 5.32 Å². The number of benzene rings is 1. The monoisotopic (exact) mass is 585 g/mol. The molecule has 0 spiro atoms. The van der Waals surface area contributed by atoms with E-state index in [4.69, 9.17) is 4.98 Å². The van der Waals surface area contributed by atoms with E-state index in [1.54, 1.807) is 31.3 Å². The lowest BCUT2D eigenvalue weighted by molar-refractivity contribution is 0.0126. The van der Waals surface area contributed by atoms with Crippen LogP contribution < -0.4 is 5.32 Å². The number of halogens is 3. The van der Waals surface area contributed by atoms with Gasteiger partial charge in [-0.25, -0.2) is 9.97 Å². The maximum absolute atomic E-state index is 13.7. The van der Waals surface area contributed by atoms with Gasteiger partial charge in [-0.3, -0.25) is 4.79 Å². The summed E-state index contributed by atoms with van der Waals surface area (Å²) in [6, 6.07) is 7.58. The zero-order valence-corrected chi connectivity index (χ0v) is 21.6. The summed E-state index contributed by atoms with van der Waals surface area (Å²) in [6.45, 7) is 4.01. The molecule has 1 aliphatic rings. The molecule has 0 bridgehead atoms. The summed E-state index contributed by atoms with van der Waals surface area (Å²) in [6.07, 6.45) is 4.58. The molecule has 0 saturated heterocycles. The largest absolute Gasteiger partial charge is 0.386 e. The molecule has 3 aromatic rings. The molecule has 33 heavy (non-hydrogen) atoms. The van der Waals surface area contributed by atoms with E-state index in [1.165, 1.54) is 31.0 Å². The summed E-state index contributed by atoms with van der Waals surface area (Å²) in [5.41, 5.74) is -0.119. The third-order valence-electron chi connectivity index (χ3n) is 5.89. The number of aliphatic hydroxyl groups is 1. The molecule has 2 aromatic heterocycles. The smallest absolute Gasteiger partial charge is 0.287 e. The summed E-state index contributed by atoms with van der Waals surface area (Å²) in [4.78, 5) is 21.6. The van der Waals surface area contributed by atoms with Crippen LogP contribution in [-0.2, 0) is 11.5 Å².